The van der Waals surface area contributed by atoms with Crippen molar-refractivity contribution < 1.29 is 0 Å². The molecule has 0 amide bonds. The maximum Gasteiger partial charge on any atom is 0.206 e. The molecule has 4 nitrogen and oxygen atoms in total. The molecule has 0 radical (unpaired) electrons. The van der Waals surface area contributed by atoms with E-state index in [0.29, 0.717) is 6.04 Å². The van der Waals surface area contributed by atoms with Gasteiger partial charge >= 0.3 is 0 Å². The lowest BCUT2D eigenvalue weighted by Crippen LogP contribution is -2.19. The van der Waals surface area contributed by atoms with Crippen LogP contribution in [-0.4, -0.2) is 21.4 Å². The number of pyridine rings is 1. The molecule has 2 aromatic heterocycles. The van der Waals surface area contributed by atoms with Crippen LogP contribution in [0.2, 0.25) is 0 Å². The summed E-state index contributed by atoms with van der Waals surface area (Å²) in [4.78, 5) is 10.2. The van der Waals surface area contributed by atoms with Crippen LogP contribution in [0.15, 0.2) is 64.3 Å². The van der Waals surface area contributed by atoms with Gasteiger partial charge < -0.3 is 0 Å². The third-order valence-corrected chi connectivity index (χ3v) is 6.08. The van der Waals surface area contributed by atoms with Crippen molar-refractivity contribution in [2.75, 3.05) is 0 Å². The normalized spacial score (nSPS) is 16.5. The Kier molecular flexibility index (Phi) is 5.81. The molecule has 4 rings (SSSR count). The van der Waals surface area contributed by atoms with Crippen molar-refractivity contribution >= 4 is 17.0 Å². The maximum atomic E-state index is 5.09. The SMILES string of the molecule is CC(=Nn1c(-c2ccc(C)cc2)csc1=NC1CCCCC1)c1ccncc1. The predicted octanol–water partition coefficient (Wildman–Crippen LogP) is 5.43. The van der Waals surface area contributed by atoms with Crippen LogP contribution < -0.4 is 4.80 Å². The van der Waals surface area contributed by atoms with E-state index < -0.39 is 0 Å². The zero-order chi connectivity index (χ0) is 19.3. The first-order chi connectivity index (χ1) is 13.7. The Labute approximate surface area is 170 Å². The summed E-state index contributed by atoms with van der Waals surface area (Å²) in [6.45, 7) is 4.16. The Morgan fingerprint density at radius 1 is 1.04 bits per heavy atom. The molecule has 144 valence electrons. The average Bonchev–Trinajstić information content (AvgIpc) is 3.12. The number of aromatic nitrogens is 2. The van der Waals surface area contributed by atoms with Gasteiger partial charge in [0.25, 0.3) is 0 Å². The van der Waals surface area contributed by atoms with E-state index in [0.717, 1.165) is 21.8 Å². The van der Waals surface area contributed by atoms with Gasteiger partial charge in [-0.25, -0.2) is 4.68 Å². The van der Waals surface area contributed by atoms with Crippen LogP contribution in [0.25, 0.3) is 11.3 Å². The standard InChI is InChI=1S/C23H26N4S/c1-17-8-10-20(11-9-17)22-16-28-23(25-21-6-4-3-5-7-21)27(22)26-18(2)19-12-14-24-15-13-19/h8-16,21H,3-7H2,1-2H3. The maximum absolute atomic E-state index is 5.09. The predicted molar refractivity (Wildman–Crippen MR) is 117 cm³/mol. The molecular formula is C23H26N4S. The largest absolute Gasteiger partial charge is 0.265 e. The van der Waals surface area contributed by atoms with Crippen LogP contribution in [0.1, 0.15) is 50.2 Å². The van der Waals surface area contributed by atoms with Crippen molar-refractivity contribution in [2.24, 2.45) is 10.1 Å². The van der Waals surface area contributed by atoms with E-state index in [9.17, 15) is 0 Å². The van der Waals surface area contributed by atoms with E-state index >= 15 is 0 Å². The monoisotopic (exact) mass is 390 g/mol. The zero-order valence-corrected chi connectivity index (χ0v) is 17.3. The molecule has 1 fully saturated rings. The molecule has 2 heterocycles. The topological polar surface area (TPSA) is 42.5 Å². The van der Waals surface area contributed by atoms with E-state index in [1.54, 1.807) is 23.7 Å². The van der Waals surface area contributed by atoms with Gasteiger partial charge in [0, 0.05) is 28.9 Å². The molecule has 1 aliphatic rings. The first-order valence-electron chi connectivity index (χ1n) is 9.98. The van der Waals surface area contributed by atoms with E-state index in [2.05, 4.69) is 41.6 Å². The van der Waals surface area contributed by atoms with Crippen LogP contribution in [0.4, 0.5) is 0 Å². The fourth-order valence-corrected chi connectivity index (χ4v) is 4.48. The van der Waals surface area contributed by atoms with Crippen LogP contribution in [0.3, 0.4) is 0 Å². The van der Waals surface area contributed by atoms with Gasteiger partial charge in [-0.2, -0.15) is 5.10 Å². The summed E-state index contributed by atoms with van der Waals surface area (Å²) >= 11 is 1.68. The second-order valence-electron chi connectivity index (χ2n) is 7.42. The molecule has 3 aromatic rings. The molecular weight excluding hydrogens is 364 g/mol. The molecule has 28 heavy (non-hydrogen) atoms. The fraction of sp³-hybridized carbons (Fsp3) is 0.348. The van der Waals surface area contributed by atoms with Crippen LogP contribution in [0, 0.1) is 6.92 Å². The minimum absolute atomic E-state index is 0.418. The molecule has 0 saturated heterocycles. The smallest absolute Gasteiger partial charge is 0.206 e. The van der Waals surface area contributed by atoms with Gasteiger partial charge in [-0.3, -0.25) is 9.98 Å². The highest BCUT2D eigenvalue weighted by Crippen LogP contribution is 2.23. The second kappa shape index (κ2) is 8.65. The van der Waals surface area contributed by atoms with E-state index in [1.807, 2.05) is 23.7 Å². The van der Waals surface area contributed by atoms with Gasteiger partial charge in [0.15, 0.2) is 0 Å². The lowest BCUT2D eigenvalue weighted by Gasteiger charge is -2.17. The van der Waals surface area contributed by atoms with Gasteiger partial charge in [-0.15, -0.1) is 11.3 Å². The van der Waals surface area contributed by atoms with E-state index in [1.165, 1.54) is 43.2 Å². The summed E-state index contributed by atoms with van der Waals surface area (Å²) in [7, 11) is 0. The molecule has 0 spiro atoms. The number of benzene rings is 1. The van der Waals surface area contributed by atoms with Gasteiger partial charge in [0.1, 0.15) is 0 Å². The highest BCUT2D eigenvalue weighted by atomic mass is 32.1. The number of hydrogen-bond acceptors (Lipinski definition) is 4. The third-order valence-electron chi connectivity index (χ3n) is 5.25. The zero-order valence-electron chi connectivity index (χ0n) is 16.5. The Morgan fingerprint density at radius 2 is 1.75 bits per heavy atom. The van der Waals surface area contributed by atoms with Crippen molar-refractivity contribution in [1.29, 1.82) is 0 Å². The quantitative estimate of drug-likeness (QED) is 0.548. The molecule has 0 unspecified atom stereocenters. The van der Waals surface area contributed by atoms with Crippen molar-refractivity contribution in [1.82, 2.24) is 9.66 Å². The number of thiazole rings is 1. The van der Waals surface area contributed by atoms with Gasteiger partial charge in [0.05, 0.1) is 17.4 Å². The molecule has 0 atom stereocenters. The Balaban J connectivity index is 1.81. The van der Waals surface area contributed by atoms with Crippen LogP contribution in [-0.2, 0) is 0 Å². The molecule has 1 aromatic carbocycles. The molecule has 0 aliphatic heterocycles. The summed E-state index contributed by atoms with van der Waals surface area (Å²) in [6.07, 6.45) is 9.88. The number of nitrogens with zero attached hydrogens (tertiary/aromatic N) is 4. The number of hydrogen-bond donors (Lipinski definition) is 0. The number of rotatable bonds is 4. The minimum Gasteiger partial charge on any atom is -0.265 e. The van der Waals surface area contributed by atoms with Gasteiger partial charge in [-0.1, -0.05) is 49.1 Å². The molecule has 1 saturated carbocycles. The summed E-state index contributed by atoms with van der Waals surface area (Å²) in [5, 5.41) is 7.15. The Hall–Kier alpha value is -2.53. The van der Waals surface area contributed by atoms with Gasteiger partial charge in [-0.05, 0) is 38.8 Å². The summed E-state index contributed by atoms with van der Waals surface area (Å²) in [5.41, 5.74) is 5.55. The van der Waals surface area contributed by atoms with E-state index in [-0.39, 0.29) is 0 Å². The lowest BCUT2D eigenvalue weighted by atomic mass is 9.96. The summed E-state index contributed by atoms with van der Waals surface area (Å²) < 4.78 is 2.03. The molecule has 0 bridgehead atoms. The number of aryl methyl sites for hydroxylation is 1. The van der Waals surface area contributed by atoms with Crippen LogP contribution in [0.5, 0.6) is 0 Å². The van der Waals surface area contributed by atoms with Crippen molar-refractivity contribution in [3.05, 3.63) is 70.1 Å². The Morgan fingerprint density at radius 3 is 2.46 bits per heavy atom. The van der Waals surface area contributed by atoms with Gasteiger partial charge in [0.2, 0.25) is 4.80 Å². The minimum atomic E-state index is 0.418. The average molecular weight is 391 g/mol. The van der Waals surface area contributed by atoms with Crippen molar-refractivity contribution in [3.8, 4) is 11.3 Å². The Bertz CT molecular complexity index is 1010. The fourth-order valence-electron chi connectivity index (χ4n) is 3.57. The first kappa shape index (κ1) is 18.8. The van der Waals surface area contributed by atoms with E-state index in [4.69, 9.17) is 10.1 Å². The first-order valence-corrected chi connectivity index (χ1v) is 10.9. The summed E-state index contributed by atoms with van der Waals surface area (Å²) in [5.74, 6) is 0. The highest BCUT2D eigenvalue weighted by Gasteiger charge is 2.14. The molecule has 5 heteroatoms. The molecule has 1 aliphatic carbocycles. The molecule has 0 N–H and O–H groups in total. The van der Waals surface area contributed by atoms with Crippen LogP contribution >= 0.6 is 11.3 Å². The third kappa shape index (κ3) is 4.30. The second-order valence-corrected chi connectivity index (χ2v) is 8.26. The van der Waals surface area contributed by atoms with Crippen molar-refractivity contribution in [2.45, 2.75) is 52.0 Å². The van der Waals surface area contributed by atoms with Crippen molar-refractivity contribution in [3.63, 3.8) is 0 Å². The summed E-state index contributed by atoms with van der Waals surface area (Å²) in [6, 6.07) is 13.0. The lowest BCUT2D eigenvalue weighted by molar-refractivity contribution is 0.435. The highest BCUT2D eigenvalue weighted by molar-refractivity contribution is 7.07.